The molecule has 1 N–H and O–H groups in total. The summed E-state index contributed by atoms with van der Waals surface area (Å²) in [4.78, 5) is 46.0. The quantitative estimate of drug-likeness (QED) is 0.408. The Morgan fingerprint density at radius 3 is 2.36 bits per heavy atom. The Bertz CT molecular complexity index is 940. The average molecular weight is 543 g/mol. The Morgan fingerprint density at radius 2 is 1.83 bits per heavy atom. The number of esters is 1. The molecule has 0 bridgehead atoms. The van der Waals surface area contributed by atoms with Crippen LogP contribution in [0.25, 0.3) is 0 Å². The highest BCUT2D eigenvalue weighted by molar-refractivity contribution is 7.13. The van der Waals surface area contributed by atoms with E-state index < -0.39 is 31.8 Å². The van der Waals surface area contributed by atoms with Crippen LogP contribution in [-0.2, 0) is 18.7 Å². The molecule has 1 aromatic rings. The van der Waals surface area contributed by atoms with Gasteiger partial charge in [-0.3, -0.25) is 4.79 Å². The summed E-state index contributed by atoms with van der Waals surface area (Å²) in [5.41, 5.74) is -0.331. The maximum Gasteiger partial charge on any atom is 0.410 e. The van der Waals surface area contributed by atoms with Crippen LogP contribution in [0.4, 0.5) is 9.93 Å². The van der Waals surface area contributed by atoms with Gasteiger partial charge in [0.15, 0.2) is 13.4 Å². The van der Waals surface area contributed by atoms with E-state index in [4.69, 9.17) is 13.9 Å². The van der Waals surface area contributed by atoms with E-state index in [1.54, 1.807) is 10.3 Å². The standard InChI is InChI=1S/C24H42N4O6SSi/c1-16-13-27(11-12-28(16)22(31)34-23(2,3)4)21-26-18(15-35-21)19(29)25-17(20(30)32-8)14-33-36(9,10)24(5,6)7/h15-17H,11-14H2,1-10H3,(H,25,29)/t16-,17+/m1/s1. The van der Waals surface area contributed by atoms with E-state index in [1.807, 2.05) is 32.6 Å². The number of methoxy groups -OCH3 is 1. The number of piperazine rings is 1. The molecule has 36 heavy (non-hydrogen) atoms. The van der Waals surface area contributed by atoms with Crippen LogP contribution in [0.1, 0.15) is 59.0 Å². The van der Waals surface area contributed by atoms with Crippen molar-refractivity contribution in [3.63, 3.8) is 0 Å². The summed E-state index contributed by atoms with van der Waals surface area (Å²) in [7, 11) is -0.841. The molecule has 0 unspecified atom stereocenters. The summed E-state index contributed by atoms with van der Waals surface area (Å²) in [5.74, 6) is -1.03. The zero-order valence-corrected chi connectivity index (χ0v) is 25.1. The number of rotatable bonds is 7. The molecule has 0 radical (unpaired) electrons. The summed E-state index contributed by atoms with van der Waals surface area (Å²) in [6.45, 7) is 19.7. The van der Waals surface area contributed by atoms with E-state index in [0.717, 1.165) is 0 Å². The Hall–Kier alpha value is -2.18. The molecular weight excluding hydrogens is 500 g/mol. The second-order valence-electron chi connectivity index (χ2n) is 11.6. The number of ether oxygens (including phenoxy) is 2. The third kappa shape index (κ3) is 7.91. The van der Waals surface area contributed by atoms with Gasteiger partial charge in [-0.15, -0.1) is 11.3 Å². The van der Waals surface area contributed by atoms with E-state index in [2.05, 4.69) is 44.2 Å². The Labute approximate surface area is 219 Å². The second-order valence-corrected chi connectivity index (χ2v) is 17.3. The lowest BCUT2D eigenvalue weighted by molar-refractivity contribution is -0.143. The SMILES string of the molecule is COC(=O)[C@H](CO[Si](C)(C)C(C)(C)C)NC(=O)c1csc(N2CCN(C(=O)OC(C)(C)C)[C@H](C)C2)n1. The van der Waals surface area contributed by atoms with E-state index in [9.17, 15) is 14.4 Å². The first-order valence-corrected chi connectivity index (χ1v) is 16.0. The Balaban J connectivity index is 2.03. The van der Waals surface area contributed by atoms with Crippen molar-refractivity contribution in [2.24, 2.45) is 0 Å². The summed E-state index contributed by atoms with van der Waals surface area (Å²) in [6, 6.07) is -1.01. The molecule has 10 nitrogen and oxygen atoms in total. The van der Waals surface area contributed by atoms with Gasteiger partial charge in [0.25, 0.3) is 5.91 Å². The van der Waals surface area contributed by atoms with Gasteiger partial charge in [-0.25, -0.2) is 14.6 Å². The molecule has 2 rings (SSSR count). The topological polar surface area (TPSA) is 110 Å². The van der Waals surface area contributed by atoms with Crippen molar-refractivity contribution in [3.8, 4) is 0 Å². The number of nitrogens with one attached hydrogen (secondary N) is 1. The van der Waals surface area contributed by atoms with E-state index in [-0.39, 0.29) is 29.5 Å². The van der Waals surface area contributed by atoms with E-state index in [0.29, 0.717) is 24.8 Å². The monoisotopic (exact) mass is 542 g/mol. The predicted molar refractivity (Wildman–Crippen MR) is 143 cm³/mol. The van der Waals surface area contributed by atoms with Gasteiger partial charge in [0.2, 0.25) is 0 Å². The predicted octanol–water partition coefficient (Wildman–Crippen LogP) is 3.88. The minimum atomic E-state index is -2.13. The number of hydrogen-bond acceptors (Lipinski definition) is 9. The van der Waals surface area contributed by atoms with E-state index >= 15 is 0 Å². The maximum atomic E-state index is 12.9. The molecule has 12 heteroatoms. The minimum Gasteiger partial charge on any atom is -0.467 e. The number of anilines is 1. The zero-order valence-electron chi connectivity index (χ0n) is 23.3. The normalized spacial score (nSPS) is 18.0. The molecule has 0 saturated carbocycles. The van der Waals surface area contributed by atoms with Gasteiger partial charge in [0.05, 0.1) is 13.7 Å². The van der Waals surface area contributed by atoms with Gasteiger partial charge in [-0.1, -0.05) is 20.8 Å². The summed E-state index contributed by atoms with van der Waals surface area (Å²) in [6.07, 6.45) is -0.331. The highest BCUT2D eigenvalue weighted by atomic mass is 32.1. The van der Waals surface area contributed by atoms with Gasteiger partial charge in [-0.05, 0) is 45.8 Å². The number of thiazole rings is 1. The van der Waals surface area contributed by atoms with Crippen molar-refractivity contribution in [2.75, 3.05) is 38.3 Å². The third-order valence-electron chi connectivity index (χ3n) is 6.46. The van der Waals surface area contributed by atoms with Crippen molar-refractivity contribution in [3.05, 3.63) is 11.1 Å². The smallest absolute Gasteiger partial charge is 0.410 e. The van der Waals surface area contributed by atoms with Crippen LogP contribution >= 0.6 is 11.3 Å². The van der Waals surface area contributed by atoms with Crippen LogP contribution in [0.15, 0.2) is 5.38 Å². The second kappa shape index (κ2) is 11.5. The molecule has 0 aliphatic carbocycles. The molecule has 2 heterocycles. The van der Waals surface area contributed by atoms with E-state index in [1.165, 1.54) is 18.4 Å². The molecule has 2 amide bonds. The number of carbonyl (C=O) groups excluding carboxylic acids is 3. The summed E-state index contributed by atoms with van der Waals surface area (Å²) >= 11 is 1.35. The summed E-state index contributed by atoms with van der Waals surface area (Å²) < 4.78 is 16.5. The van der Waals surface area contributed by atoms with Crippen molar-refractivity contribution in [1.82, 2.24) is 15.2 Å². The molecule has 2 atom stereocenters. The fraction of sp³-hybridized carbons (Fsp3) is 0.750. The van der Waals surface area contributed by atoms with Crippen LogP contribution in [0.3, 0.4) is 0 Å². The van der Waals surface area contributed by atoms with Crippen molar-refractivity contribution in [2.45, 2.75) is 84.3 Å². The average Bonchev–Trinajstić information content (AvgIpc) is 3.24. The molecule has 204 valence electrons. The van der Waals surface area contributed by atoms with Crippen LogP contribution < -0.4 is 10.2 Å². The maximum absolute atomic E-state index is 12.9. The van der Waals surface area contributed by atoms with Crippen LogP contribution in [0.2, 0.25) is 18.1 Å². The minimum absolute atomic E-state index is 0.0356. The Morgan fingerprint density at radius 1 is 1.19 bits per heavy atom. The molecule has 1 fully saturated rings. The largest absolute Gasteiger partial charge is 0.467 e. The van der Waals surface area contributed by atoms with Crippen LogP contribution in [0, 0.1) is 0 Å². The number of carbonyl (C=O) groups is 3. The molecule has 0 aromatic carbocycles. The molecule has 1 aromatic heterocycles. The van der Waals surface area contributed by atoms with Gasteiger partial charge in [0, 0.05) is 31.1 Å². The number of aromatic nitrogens is 1. The summed E-state index contributed by atoms with van der Waals surface area (Å²) in [5, 5.41) is 5.03. The molecular formula is C24H42N4O6SSi. The van der Waals surface area contributed by atoms with Gasteiger partial charge in [0.1, 0.15) is 17.3 Å². The van der Waals surface area contributed by atoms with Crippen molar-refractivity contribution >= 4 is 42.8 Å². The zero-order chi connectivity index (χ0) is 27.5. The van der Waals surface area contributed by atoms with Crippen LogP contribution in [0.5, 0.6) is 0 Å². The number of hydrogen-bond donors (Lipinski definition) is 1. The Kier molecular flexibility index (Phi) is 9.57. The fourth-order valence-corrected chi connectivity index (χ4v) is 5.15. The lowest BCUT2D eigenvalue weighted by Crippen LogP contribution is -2.55. The lowest BCUT2D eigenvalue weighted by Gasteiger charge is -2.40. The highest BCUT2D eigenvalue weighted by Crippen LogP contribution is 2.36. The van der Waals surface area contributed by atoms with Gasteiger partial charge in [-0.2, -0.15) is 0 Å². The first-order valence-electron chi connectivity index (χ1n) is 12.2. The molecule has 0 spiro atoms. The van der Waals surface area contributed by atoms with Crippen LogP contribution in [-0.4, -0.2) is 87.2 Å². The molecule has 1 aliphatic heterocycles. The highest BCUT2D eigenvalue weighted by Gasteiger charge is 2.39. The van der Waals surface area contributed by atoms with Crippen molar-refractivity contribution < 1.29 is 28.3 Å². The molecule has 1 aliphatic rings. The first kappa shape index (κ1) is 30.0. The van der Waals surface area contributed by atoms with Crippen molar-refractivity contribution in [1.29, 1.82) is 0 Å². The third-order valence-corrected chi connectivity index (χ3v) is 11.9. The van der Waals surface area contributed by atoms with Gasteiger partial charge < -0.3 is 29.0 Å². The number of nitrogens with zero attached hydrogens (tertiary/aromatic N) is 3. The lowest BCUT2D eigenvalue weighted by atomic mass is 10.2. The van der Waals surface area contributed by atoms with Gasteiger partial charge >= 0.3 is 12.1 Å². The number of amides is 2. The first-order chi connectivity index (χ1) is 16.4. The molecule has 1 saturated heterocycles. The fourth-order valence-electron chi connectivity index (χ4n) is 3.29.